The van der Waals surface area contributed by atoms with E-state index in [0.717, 1.165) is 13.0 Å². The van der Waals surface area contributed by atoms with E-state index < -0.39 is 0 Å². The third-order valence-electron chi connectivity index (χ3n) is 2.22. The Bertz CT molecular complexity index is 609. The van der Waals surface area contributed by atoms with Gasteiger partial charge in [0, 0.05) is 11.6 Å². The summed E-state index contributed by atoms with van der Waals surface area (Å²) in [6.07, 6.45) is 0.933. The fourth-order valence-corrected chi connectivity index (χ4v) is 1.95. The lowest BCUT2D eigenvalue weighted by Crippen LogP contribution is -2.06. The molecular weight excluding hydrogens is 323 g/mol. The molecule has 0 unspecified atom stereocenters. The van der Waals surface area contributed by atoms with Crippen LogP contribution in [-0.2, 0) is 0 Å². The Morgan fingerprint density at radius 2 is 1.95 bits per heavy atom. The van der Waals surface area contributed by atoms with E-state index in [1.807, 2.05) is 6.92 Å². The van der Waals surface area contributed by atoms with Crippen LogP contribution in [0.25, 0.3) is 0 Å². The molecule has 1 heterocycles. The number of aromatic nitrogens is 3. The molecule has 1 aromatic carbocycles. The standard InChI is InChI=1S/C12H11Cl3N4O/c1-2-5-16-11-17-10(15)18-12(19-11)20-9-4-3-7(13)6-8(9)14/h3-4,6H,2,5H2,1H3,(H,16,17,18,19). The fourth-order valence-electron chi connectivity index (χ4n) is 1.35. The molecule has 2 rings (SSSR count). The lowest BCUT2D eigenvalue weighted by atomic mass is 10.3. The van der Waals surface area contributed by atoms with Gasteiger partial charge in [0.05, 0.1) is 5.02 Å². The lowest BCUT2D eigenvalue weighted by molar-refractivity contribution is 0.440. The van der Waals surface area contributed by atoms with Crippen LogP contribution in [0.1, 0.15) is 13.3 Å². The molecule has 20 heavy (non-hydrogen) atoms. The Labute approximate surface area is 131 Å². The lowest BCUT2D eigenvalue weighted by Gasteiger charge is -2.08. The van der Waals surface area contributed by atoms with Crippen molar-refractivity contribution < 1.29 is 4.74 Å². The van der Waals surface area contributed by atoms with E-state index >= 15 is 0 Å². The zero-order valence-corrected chi connectivity index (χ0v) is 12.8. The maximum atomic E-state index is 6.01. The van der Waals surface area contributed by atoms with E-state index in [2.05, 4.69) is 20.3 Å². The van der Waals surface area contributed by atoms with Crippen molar-refractivity contribution in [1.82, 2.24) is 15.0 Å². The van der Waals surface area contributed by atoms with Gasteiger partial charge < -0.3 is 10.1 Å². The van der Waals surface area contributed by atoms with Gasteiger partial charge in [-0.3, -0.25) is 0 Å². The summed E-state index contributed by atoms with van der Waals surface area (Å²) in [5.41, 5.74) is 0. The number of hydrogen-bond acceptors (Lipinski definition) is 5. The summed E-state index contributed by atoms with van der Waals surface area (Å²) in [5, 5.41) is 3.92. The van der Waals surface area contributed by atoms with Gasteiger partial charge in [0.1, 0.15) is 5.75 Å². The van der Waals surface area contributed by atoms with Crippen molar-refractivity contribution >= 4 is 40.8 Å². The highest BCUT2D eigenvalue weighted by atomic mass is 35.5. The first kappa shape index (κ1) is 15.1. The van der Waals surface area contributed by atoms with Crippen molar-refractivity contribution in [2.45, 2.75) is 13.3 Å². The number of nitrogens with zero attached hydrogens (tertiary/aromatic N) is 3. The van der Waals surface area contributed by atoms with Crippen LogP contribution in [0.3, 0.4) is 0 Å². The highest BCUT2D eigenvalue weighted by Gasteiger charge is 2.09. The predicted molar refractivity (Wildman–Crippen MR) is 80.2 cm³/mol. The Morgan fingerprint density at radius 1 is 1.15 bits per heavy atom. The molecule has 106 valence electrons. The van der Waals surface area contributed by atoms with Gasteiger partial charge in [-0.05, 0) is 36.2 Å². The van der Waals surface area contributed by atoms with Crippen LogP contribution in [0.5, 0.6) is 11.8 Å². The SMILES string of the molecule is CCCNc1nc(Cl)nc(Oc2ccc(Cl)cc2Cl)n1. The summed E-state index contributed by atoms with van der Waals surface area (Å²) in [6.45, 7) is 2.75. The molecule has 0 aliphatic carbocycles. The fraction of sp³-hybridized carbons (Fsp3) is 0.250. The average Bonchev–Trinajstić information content (AvgIpc) is 2.39. The van der Waals surface area contributed by atoms with E-state index in [1.54, 1.807) is 18.2 Å². The highest BCUT2D eigenvalue weighted by molar-refractivity contribution is 6.35. The minimum Gasteiger partial charge on any atom is -0.423 e. The number of halogens is 3. The topological polar surface area (TPSA) is 59.9 Å². The van der Waals surface area contributed by atoms with Crippen LogP contribution in [0.15, 0.2) is 18.2 Å². The zero-order valence-electron chi connectivity index (χ0n) is 10.5. The molecule has 0 radical (unpaired) electrons. The Kier molecular flexibility index (Phi) is 5.23. The molecule has 0 spiro atoms. The summed E-state index contributed by atoms with van der Waals surface area (Å²) >= 11 is 17.7. The summed E-state index contributed by atoms with van der Waals surface area (Å²) in [6, 6.07) is 4.91. The van der Waals surface area contributed by atoms with E-state index in [4.69, 9.17) is 39.5 Å². The smallest absolute Gasteiger partial charge is 0.328 e. The second-order valence-corrected chi connectivity index (χ2v) is 5.00. The van der Waals surface area contributed by atoms with Crippen molar-refractivity contribution in [3.05, 3.63) is 33.5 Å². The van der Waals surface area contributed by atoms with Crippen LogP contribution in [0, 0.1) is 0 Å². The van der Waals surface area contributed by atoms with E-state index in [-0.39, 0.29) is 11.3 Å². The van der Waals surface area contributed by atoms with E-state index in [1.165, 1.54) is 0 Å². The van der Waals surface area contributed by atoms with Crippen molar-refractivity contribution in [2.24, 2.45) is 0 Å². The monoisotopic (exact) mass is 332 g/mol. The molecule has 0 saturated heterocycles. The summed E-state index contributed by atoms with van der Waals surface area (Å²) in [7, 11) is 0. The molecule has 5 nitrogen and oxygen atoms in total. The average molecular weight is 334 g/mol. The predicted octanol–water partition coefficient (Wildman–Crippen LogP) is 4.45. The number of anilines is 1. The molecule has 8 heteroatoms. The molecule has 0 bridgehead atoms. The number of rotatable bonds is 5. The Morgan fingerprint density at radius 3 is 2.65 bits per heavy atom. The largest absolute Gasteiger partial charge is 0.423 e. The van der Waals surface area contributed by atoms with Crippen molar-refractivity contribution in [3.8, 4) is 11.8 Å². The molecular formula is C12H11Cl3N4O. The van der Waals surface area contributed by atoms with Gasteiger partial charge in [0.25, 0.3) is 0 Å². The first-order valence-corrected chi connectivity index (χ1v) is 7.00. The second kappa shape index (κ2) is 6.92. The van der Waals surface area contributed by atoms with E-state index in [0.29, 0.717) is 21.7 Å². The molecule has 0 fully saturated rings. The summed E-state index contributed by atoms with van der Waals surface area (Å²) in [5.74, 6) is 0.742. The normalized spacial score (nSPS) is 10.4. The van der Waals surface area contributed by atoms with Crippen LogP contribution >= 0.6 is 34.8 Å². The van der Waals surface area contributed by atoms with Gasteiger partial charge >= 0.3 is 6.01 Å². The minimum absolute atomic E-state index is 0.0405. The van der Waals surface area contributed by atoms with Crippen LogP contribution < -0.4 is 10.1 Å². The van der Waals surface area contributed by atoms with Crippen LogP contribution in [0.2, 0.25) is 15.3 Å². The molecule has 1 N–H and O–H groups in total. The quantitative estimate of drug-likeness (QED) is 0.876. The third-order valence-corrected chi connectivity index (χ3v) is 2.92. The minimum atomic E-state index is 0.0405. The number of nitrogens with one attached hydrogen (secondary N) is 1. The number of hydrogen-bond donors (Lipinski definition) is 1. The highest BCUT2D eigenvalue weighted by Crippen LogP contribution is 2.30. The van der Waals surface area contributed by atoms with Crippen molar-refractivity contribution in [2.75, 3.05) is 11.9 Å². The molecule has 0 atom stereocenters. The molecule has 0 amide bonds. The maximum absolute atomic E-state index is 6.01. The Balaban J connectivity index is 2.21. The van der Waals surface area contributed by atoms with Gasteiger partial charge in [0.2, 0.25) is 11.2 Å². The van der Waals surface area contributed by atoms with E-state index in [9.17, 15) is 0 Å². The van der Waals surface area contributed by atoms with Gasteiger partial charge in [-0.1, -0.05) is 30.1 Å². The maximum Gasteiger partial charge on any atom is 0.328 e. The molecule has 0 aliphatic rings. The van der Waals surface area contributed by atoms with Gasteiger partial charge in [-0.2, -0.15) is 15.0 Å². The molecule has 0 aliphatic heterocycles. The molecule has 2 aromatic rings. The van der Waals surface area contributed by atoms with Crippen LogP contribution in [0.4, 0.5) is 5.95 Å². The third kappa shape index (κ3) is 4.10. The van der Waals surface area contributed by atoms with Gasteiger partial charge in [-0.15, -0.1) is 0 Å². The van der Waals surface area contributed by atoms with Crippen LogP contribution in [-0.4, -0.2) is 21.5 Å². The van der Waals surface area contributed by atoms with Crippen molar-refractivity contribution in [3.63, 3.8) is 0 Å². The van der Waals surface area contributed by atoms with Gasteiger partial charge in [0.15, 0.2) is 0 Å². The first-order chi connectivity index (χ1) is 9.58. The molecule has 1 aromatic heterocycles. The zero-order chi connectivity index (χ0) is 14.5. The number of ether oxygens (including phenoxy) is 1. The summed E-state index contributed by atoms with van der Waals surface area (Å²) < 4.78 is 5.49. The summed E-state index contributed by atoms with van der Waals surface area (Å²) in [4.78, 5) is 11.9. The van der Waals surface area contributed by atoms with Gasteiger partial charge in [-0.25, -0.2) is 0 Å². The first-order valence-electron chi connectivity index (χ1n) is 5.87. The number of benzene rings is 1. The molecule has 0 saturated carbocycles. The second-order valence-electron chi connectivity index (χ2n) is 3.81. The Hall–Kier alpha value is -1.30. The van der Waals surface area contributed by atoms with Crippen molar-refractivity contribution in [1.29, 1.82) is 0 Å².